The molecule has 0 saturated heterocycles. The summed E-state index contributed by atoms with van der Waals surface area (Å²) in [6.45, 7) is 2.30. The van der Waals surface area contributed by atoms with Crippen molar-refractivity contribution in [2.45, 2.75) is 129 Å². The smallest absolute Gasteiger partial charge is 0.0199 e. The molecule has 1 saturated carbocycles. The van der Waals surface area contributed by atoms with Gasteiger partial charge in [0.2, 0.25) is 0 Å². The highest BCUT2D eigenvalue weighted by molar-refractivity contribution is 5.09. The molecule has 0 N–H and O–H groups in total. The summed E-state index contributed by atoms with van der Waals surface area (Å²) >= 11 is 0. The molecule has 1 fully saturated rings. The fraction of sp³-hybridized carbons (Fsp3) is 0.920. The Bertz CT molecular complexity index is 329. The van der Waals surface area contributed by atoms with Crippen LogP contribution in [0.25, 0.3) is 0 Å². The largest absolute Gasteiger partial charge is 0.0851 e. The molecule has 25 heavy (non-hydrogen) atoms. The van der Waals surface area contributed by atoms with E-state index in [0.29, 0.717) is 0 Å². The summed E-state index contributed by atoms with van der Waals surface area (Å²) < 4.78 is 0. The molecular weight excluding hydrogens is 300 g/mol. The molecular formula is C25H46. The molecule has 0 spiro atoms. The summed E-state index contributed by atoms with van der Waals surface area (Å²) in [4.78, 5) is 0. The third kappa shape index (κ3) is 9.30. The molecule has 3 atom stereocenters. The normalized spacial score (nSPS) is 24.4. The number of unbranched alkanes of at least 4 members (excludes halogenated alkanes) is 15. The van der Waals surface area contributed by atoms with Crippen molar-refractivity contribution in [1.29, 1.82) is 0 Å². The second-order valence-corrected chi connectivity index (χ2v) is 9.13. The molecule has 0 aromatic carbocycles. The summed E-state index contributed by atoms with van der Waals surface area (Å²) in [6, 6.07) is 0. The van der Waals surface area contributed by atoms with Gasteiger partial charge in [-0.25, -0.2) is 0 Å². The van der Waals surface area contributed by atoms with E-state index in [1.54, 1.807) is 0 Å². The number of hydrogen-bond donors (Lipinski definition) is 0. The lowest BCUT2D eigenvalue weighted by atomic mass is 9.88. The van der Waals surface area contributed by atoms with E-state index in [9.17, 15) is 0 Å². The van der Waals surface area contributed by atoms with Crippen LogP contribution in [-0.2, 0) is 0 Å². The third-order valence-corrected chi connectivity index (χ3v) is 6.84. The maximum absolute atomic E-state index is 2.52. The van der Waals surface area contributed by atoms with Crippen molar-refractivity contribution >= 4 is 0 Å². The number of fused-ring (bicyclic) bond motifs is 2. The first-order valence-electron chi connectivity index (χ1n) is 12.1. The molecule has 0 aromatic rings. The third-order valence-electron chi connectivity index (χ3n) is 6.84. The Hall–Kier alpha value is -0.260. The minimum Gasteiger partial charge on any atom is -0.0851 e. The zero-order valence-corrected chi connectivity index (χ0v) is 17.3. The lowest BCUT2D eigenvalue weighted by Crippen LogP contribution is -2.06. The van der Waals surface area contributed by atoms with Crippen molar-refractivity contribution in [3.63, 3.8) is 0 Å². The Kier molecular flexibility index (Phi) is 11.7. The first-order valence-corrected chi connectivity index (χ1v) is 12.1. The van der Waals surface area contributed by atoms with Gasteiger partial charge in [0.1, 0.15) is 0 Å². The van der Waals surface area contributed by atoms with Gasteiger partial charge in [-0.3, -0.25) is 0 Å². The molecule has 3 unspecified atom stereocenters. The summed E-state index contributed by atoms with van der Waals surface area (Å²) in [5, 5.41) is 0. The first-order chi connectivity index (χ1) is 12.4. The predicted octanol–water partition coefficient (Wildman–Crippen LogP) is 8.85. The van der Waals surface area contributed by atoms with Crippen LogP contribution in [0.3, 0.4) is 0 Å². The van der Waals surface area contributed by atoms with Crippen LogP contribution >= 0.6 is 0 Å². The van der Waals surface area contributed by atoms with E-state index in [4.69, 9.17) is 0 Å². The Morgan fingerprint density at radius 3 is 1.44 bits per heavy atom. The van der Waals surface area contributed by atoms with Crippen LogP contribution in [0, 0.1) is 17.8 Å². The molecule has 2 bridgehead atoms. The molecule has 2 rings (SSSR count). The van der Waals surface area contributed by atoms with Gasteiger partial charge in [0.15, 0.2) is 0 Å². The fourth-order valence-electron chi connectivity index (χ4n) is 5.18. The van der Waals surface area contributed by atoms with Crippen LogP contribution in [0.1, 0.15) is 129 Å². The van der Waals surface area contributed by atoms with Gasteiger partial charge in [0, 0.05) is 0 Å². The molecule has 0 aromatic heterocycles. The van der Waals surface area contributed by atoms with E-state index in [0.717, 1.165) is 17.8 Å². The highest BCUT2D eigenvalue weighted by Crippen LogP contribution is 2.45. The van der Waals surface area contributed by atoms with Gasteiger partial charge in [-0.15, -0.1) is 0 Å². The molecule has 146 valence electrons. The van der Waals surface area contributed by atoms with Gasteiger partial charge in [-0.2, -0.15) is 0 Å². The zero-order valence-electron chi connectivity index (χ0n) is 17.3. The van der Waals surface area contributed by atoms with E-state index in [1.165, 1.54) is 122 Å². The van der Waals surface area contributed by atoms with Crippen molar-refractivity contribution in [3.8, 4) is 0 Å². The maximum atomic E-state index is 2.52. The molecule has 0 aliphatic heterocycles. The number of hydrogen-bond acceptors (Lipinski definition) is 0. The van der Waals surface area contributed by atoms with Crippen molar-refractivity contribution in [1.82, 2.24) is 0 Å². The molecule has 2 aliphatic rings. The van der Waals surface area contributed by atoms with Crippen LogP contribution in [0.15, 0.2) is 12.2 Å². The Balaban J connectivity index is 1.23. The van der Waals surface area contributed by atoms with Crippen molar-refractivity contribution < 1.29 is 0 Å². The maximum Gasteiger partial charge on any atom is -0.0199 e. The number of rotatable bonds is 17. The van der Waals surface area contributed by atoms with E-state index < -0.39 is 0 Å². The van der Waals surface area contributed by atoms with E-state index in [1.807, 2.05) is 0 Å². The fourth-order valence-corrected chi connectivity index (χ4v) is 5.18. The summed E-state index contributed by atoms with van der Waals surface area (Å²) in [5.41, 5.74) is 0. The van der Waals surface area contributed by atoms with E-state index >= 15 is 0 Å². The topological polar surface area (TPSA) is 0 Å². The Morgan fingerprint density at radius 1 is 0.560 bits per heavy atom. The van der Waals surface area contributed by atoms with Gasteiger partial charge in [0.25, 0.3) is 0 Å². The van der Waals surface area contributed by atoms with Gasteiger partial charge < -0.3 is 0 Å². The Morgan fingerprint density at radius 2 is 1.04 bits per heavy atom. The van der Waals surface area contributed by atoms with Crippen LogP contribution in [0.5, 0.6) is 0 Å². The number of allylic oxidation sites excluding steroid dienone is 2. The van der Waals surface area contributed by atoms with Crippen molar-refractivity contribution in [2.24, 2.45) is 17.8 Å². The molecule has 0 nitrogen and oxygen atoms in total. The molecule has 0 heterocycles. The monoisotopic (exact) mass is 346 g/mol. The lowest BCUT2D eigenvalue weighted by Gasteiger charge is -2.17. The molecule has 0 radical (unpaired) electrons. The van der Waals surface area contributed by atoms with Crippen LogP contribution in [0.2, 0.25) is 0 Å². The summed E-state index contributed by atoms with van der Waals surface area (Å²) in [6.07, 6.45) is 33.2. The van der Waals surface area contributed by atoms with Gasteiger partial charge >= 0.3 is 0 Å². The molecule has 2 aliphatic carbocycles. The lowest BCUT2D eigenvalue weighted by molar-refractivity contribution is 0.393. The average molecular weight is 347 g/mol. The Labute approximate surface area is 159 Å². The van der Waals surface area contributed by atoms with E-state index in [-0.39, 0.29) is 0 Å². The molecule has 0 heteroatoms. The second-order valence-electron chi connectivity index (χ2n) is 9.13. The van der Waals surface area contributed by atoms with Crippen molar-refractivity contribution in [3.05, 3.63) is 12.2 Å². The first kappa shape index (κ1) is 21.0. The van der Waals surface area contributed by atoms with Gasteiger partial charge in [-0.1, -0.05) is 122 Å². The summed E-state index contributed by atoms with van der Waals surface area (Å²) in [5.74, 6) is 3.00. The van der Waals surface area contributed by atoms with Gasteiger partial charge in [-0.05, 0) is 37.0 Å². The standard InChI is InChI=1S/C25H46/c1-2-3-4-5-6-7-8-9-10-11-12-13-14-15-16-17-18-24-21-23-19-20-25(24)22-23/h19-20,23-25H,2-18,21-22H2,1H3. The molecule has 0 amide bonds. The highest BCUT2D eigenvalue weighted by Gasteiger charge is 2.34. The minimum absolute atomic E-state index is 0.969. The van der Waals surface area contributed by atoms with Gasteiger partial charge in [0.05, 0.1) is 0 Å². The van der Waals surface area contributed by atoms with Crippen molar-refractivity contribution in [2.75, 3.05) is 0 Å². The van der Waals surface area contributed by atoms with Crippen LogP contribution < -0.4 is 0 Å². The SMILES string of the molecule is CCCCCCCCCCCCCCCCCCC1CC2C=CC1C2. The summed E-state index contributed by atoms with van der Waals surface area (Å²) in [7, 11) is 0. The predicted molar refractivity (Wildman–Crippen MR) is 113 cm³/mol. The quantitative estimate of drug-likeness (QED) is 0.182. The van der Waals surface area contributed by atoms with E-state index in [2.05, 4.69) is 19.1 Å². The average Bonchev–Trinajstić information content (AvgIpc) is 3.24. The second kappa shape index (κ2) is 13.9. The zero-order chi connectivity index (χ0) is 17.6. The highest BCUT2D eigenvalue weighted by atomic mass is 14.4. The van der Waals surface area contributed by atoms with Crippen LogP contribution in [0.4, 0.5) is 0 Å². The van der Waals surface area contributed by atoms with Crippen LogP contribution in [-0.4, -0.2) is 0 Å². The minimum atomic E-state index is 0.969.